The molecule has 1 saturated heterocycles. The summed E-state index contributed by atoms with van der Waals surface area (Å²) >= 11 is 0. The summed E-state index contributed by atoms with van der Waals surface area (Å²) in [5.74, 6) is 8.48. The molecular weight excluding hydrogens is 681 g/mol. The molecule has 1 amide bonds. The van der Waals surface area contributed by atoms with Crippen LogP contribution in [0.5, 0.6) is 0 Å². The summed E-state index contributed by atoms with van der Waals surface area (Å²) in [5, 5.41) is 9.03. The highest BCUT2D eigenvalue weighted by molar-refractivity contribution is 6.10. The second-order valence-electron chi connectivity index (χ2n) is 14.8. The fraction of sp³-hybridized carbons (Fsp3) is 0.383. The predicted octanol–water partition coefficient (Wildman–Crippen LogP) is 8.96. The van der Waals surface area contributed by atoms with Crippen molar-refractivity contribution in [2.24, 2.45) is 4.99 Å². The van der Waals surface area contributed by atoms with Gasteiger partial charge in [0.15, 0.2) is 0 Å². The van der Waals surface area contributed by atoms with Gasteiger partial charge >= 0.3 is 0 Å². The number of Topliss-reactive ketones (excluding diaryl/α,β-unsaturated/α-hetero) is 1. The van der Waals surface area contributed by atoms with Gasteiger partial charge in [-0.1, -0.05) is 122 Å². The molecule has 0 bridgehead atoms. The molecule has 2 aliphatic heterocycles. The van der Waals surface area contributed by atoms with Gasteiger partial charge < -0.3 is 14.3 Å². The number of amides is 1. The van der Waals surface area contributed by atoms with Crippen LogP contribution < -0.4 is 0 Å². The third-order valence-electron chi connectivity index (χ3n) is 10.6. The fourth-order valence-electron chi connectivity index (χ4n) is 7.62. The Morgan fingerprint density at radius 3 is 2.13 bits per heavy atom. The van der Waals surface area contributed by atoms with Crippen molar-refractivity contribution in [2.75, 3.05) is 32.7 Å². The molecule has 4 aromatic rings. The summed E-state index contributed by atoms with van der Waals surface area (Å²) in [6.45, 7) is 10.8. The Bertz CT molecular complexity index is 2040. The van der Waals surface area contributed by atoms with E-state index in [2.05, 4.69) is 76.6 Å². The highest BCUT2D eigenvalue weighted by Crippen LogP contribution is 2.44. The van der Waals surface area contributed by atoms with Gasteiger partial charge in [-0.25, -0.2) is 4.58 Å². The topological polar surface area (TPSA) is 84.8 Å². The molecular formula is C47H55N6O2+. The largest absolute Gasteiger partial charge is 0.340 e. The molecule has 2 aliphatic rings. The Morgan fingerprint density at radius 2 is 1.44 bits per heavy atom. The van der Waals surface area contributed by atoms with Gasteiger partial charge in [-0.2, -0.15) is 5.41 Å². The summed E-state index contributed by atoms with van der Waals surface area (Å²) in [5.41, 5.74) is 6.99. The lowest BCUT2D eigenvalue weighted by atomic mass is 9.96. The highest BCUT2D eigenvalue weighted by Gasteiger charge is 2.34. The molecule has 0 radical (unpaired) electrons. The molecule has 3 aromatic carbocycles. The molecule has 8 nitrogen and oxygen atoms in total. The minimum absolute atomic E-state index is 0.287. The van der Waals surface area contributed by atoms with Crippen LogP contribution >= 0.6 is 0 Å². The number of hydrogen-bond donors (Lipinski definition) is 1. The first-order valence-corrected chi connectivity index (χ1v) is 20.1. The average molecular weight is 736 g/mol. The number of aromatic nitrogens is 1. The first-order chi connectivity index (χ1) is 26.9. The minimum Gasteiger partial charge on any atom is -0.340 e. The number of carbonyl (C=O) groups excluding carboxylic acids is 2. The summed E-state index contributed by atoms with van der Waals surface area (Å²) in [7, 11) is 0. The maximum absolute atomic E-state index is 12.8. The monoisotopic (exact) mass is 735 g/mol. The van der Waals surface area contributed by atoms with E-state index in [-0.39, 0.29) is 5.78 Å². The van der Waals surface area contributed by atoms with Crippen LogP contribution in [-0.4, -0.2) is 82.2 Å². The van der Waals surface area contributed by atoms with Crippen molar-refractivity contribution in [1.29, 1.82) is 5.41 Å². The Kier molecular flexibility index (Phi) is 14.1. The number of unbranched alkanes of at least 4 members (excludes halogenated alkanes) is 7. The number of nitrogens with one attached hydrogen (secondary N) is 1. The number of fused-ring (bicyclic) bond motifs is 1. The van der Waals surface area contributed by atoms with E-state index in [4.69, 9.17) is 10.4 Å². The predicted molar refractivity (Wildman–Crippen MR) is 225 cm³/mol. The minimum atomic E-state index is 0.287. The third kappa shape index (κ3) is 10.6. The maximum Gasteiger partial charge on any atom is 0.271 e. The molecule has 6 rings (SSSR count). The van der Waals surface area contributed by atoms with Gasteiger partial charge in [0.1, 0.15) is 11.3 Å². The number of amidine groups is 1. The van der Waals surface area contributed by atoms with Crippen molar-refractivity contribution in [3.8, 4) is 34.2 Å². The Hall–Kier alpha value is -5.39. The van der Waals surface area contributed by atoms with E-state index in [1.54, 1.807) is 13.3 Å². The number of nitrogens with zero attached hydrogens (tertiary/aromatic N) is 5. The van der Waals surface area contributed by atoms with Crippen LogP contribution in [0.15, 0.2) is 89.9 Å². The molecule has 0 unspecified atom stereocenters. The molecule has 1 N–H and O–H groups in total. The molecule has 0 atom stereocenters. The Labute approximate surface area is 327 Å². The zero-order chi connectivity index (χ0) is 38.4. The number of aliphatic imine (C=N–C) groups is 1. The van der Waals surface area contributed by atoms with E-state index in [1.165, 1.54) is 23.8 Å². The summed E-state index contributed by atoms with van der Waals surface area (Å²) in [4.78, 5) is 33.2. The van der Waals surface area contributed by atoms with Gasteiger partial charge in [0.05, 0.1) is 12.2 Å². The molecule has 8 heteroatoms. The molecule has 1 aromatic heterocycles. The van der Waals surface area contributed by atoms with Crippen molar-refractivity contribution in [1.82, 2.24) is 14.4 Å². The average Bonchev–Trinajstić information content (AvgIpc) is 3.53. The van der Waals surface area contributed by atoms with E-state index in [9.17, 15) is 9.59 Å². The lowest BCUT2D eigenvalue weighted by molar-refractivity contribution is -0.246. The van der Waals surface area contributed by atoms with Gasteiger partial charge in [0.2, 0.25) is 18.1 Å². The van der Waals surface area contributed by atoms with Gasteiger partial charge in [-0.15, -0.1) is 0 Å². The smallest absolute Gasteiger partial charge is 0.271 e. The number of benzene rings is 3. The lowest BCUT2D eigenvalue weighted by Gasteiger charge is -2.34. The third-order valence-corrected chi connectivity index (χ3v) is 10.6. The van der Waals surface area contributed by atoms with Crippen LogP contribution in [0.3, 0.4) is 0 Å². The molecule has 0 spiro atoms. The number of carbonyl (C=O) groups is 2. The van der Waals surface area contributed by atoms with Crippen molar-refractivity contribution < 1.29 is 14.2 Å². The Balaban J connectivity index is 1.01. The number of piperazine rings is 1. The lowest BCUT2D eigenvalue weighted by Crippen LogP contribution is -2.48. The molecule has 0 aliphatic carbocycles. The quantitative estimate of drug-likeness (QED) is 0.0668. The van der Waals surface area contributed by atoms with E-state index in [0.717, 1.165) is 116 Å². The Morgan fingerprint density at radius 1 is 0.782 bits per heavy atom. The van der Waals surface area contributed by atoms with Crippen molar-refractivity contribution >= 4 is 36.4 Å². The molecule has 1 fully saturated rings. The van der Waals surface area contributed by atoms with E-state index >= 15 is 0 Å². The summed E-state index contributed by atoms with van der Waals surface area (Å²) in [6, 6.07) is 29.1. The van der Waals surface area contributed by atoms with Gasteiger partial charge in [-0.3, -0.25) is 9.69 Å². The first-order valence-electron chi connectivity index (χ1n) is 20.1. The molecule has 0 saturated carbocycles. The van der Waals surface area contributed by atoms with Crippen molar-refractivity contribution in [3.05, 3.63) is 102 Å². The fourth-order valence-corrected chi connectivity index (χ4v) is 7.62. The zero-order valence-corrected chi connectivity index (χ0v) is 32.4. The molecule has 55 heavy (non-hydrogen) atoms. The standard InChI is InChI=1S/C47H55N6O2/c1-37(54)20-11-6-4-3-5-7-17-28-42(55)52-32-30-51(31-33-52)29-18-10-12-21-38-22-19-23-39(34-38)35-53-45(41-26-15-9-16-27-41)43(40-24-13-8-14-25-40)44-46(48)50(2)36-49-47(44)53/h8-9,13-16,19,22-27,34,36,48H,2-7,10-11,17-18,20,28-33,35H2,1H3/q+1. The van der Waals surface area contributed by atoms with E-state index in [0.29, 0.717) is 31.1 Å². The van der Waals surface area contributed by atoms with Crippen LogP contribution in [-0.2, 0) is 16.1 Å². The maximum atomic E-state index is 12.8. The van der Waals surface area contributed by atoms with Gasteiger partial charge in [-0.05, 0) is 61.6 Å². The van der Waals surface area contributed by atoms with Crippen LogP contribution in [0.1, 0.15) is 94.2 Å². The van der Waals surface area contributed by atoms with Gasteiger partial charge in [0.25, 0.3) is 5.84 Å². The van der Waals surface area contributed by atoms with E-state index in [1.807, 2.05) is 41.3 Å². The number of hydrogen-bond acceptors (Lipinski definition) is 5. The second-order valence-corrected chi connectivity index (χ2v) is 14.8. The van der Waals surface area contributed by atoms with Crippen LogP contribution in [0.25, 0.3) is 22.4 Å². The second kappa shape index (κ2) is 19.8. The number of ketones is 1. The highest BCUT2D eigenvalue weighted by atomic mass is 16.2. The normalized spacial score (nSPS) is 14.1. The SMILES string of the molecule is C=[N+]1C=Nc2c(c(-c3ccccc3)c(-c3ccccc3)n2Cc2cccc(C#CCCCN3CCN(C(=O)CCCCCCCCCC(C)=O)CC3)c2)C1=N. The molecule has 284 valence electrons. The first kappa shape index (κ1) is 39.3. The van der Waals surface area contributed by atoms with Crippen LogP contribution in [0, 0.1) is 17.3 Å². The summed E-state index contributed by atoms with van der Waals surface area (Å²) < 4.78 is 3.76. The van der Waals surface area contributed by atoms with E-state index < -0.39 is 0 Å². The van der Waals surface area contributed by atoms with Crippen LogP contribution in [0.4, 0.5) is 5.82 Å². The number of rotatable bonds is 17. The molecule has 3 heterocycles. The van der Waals surface area contributed by atoms with Crippen molar-refractivity contribution in [2.45, 2.75) is 84.1 Å². The summed E-state index contributed by atoms with van der Waals surface area (Å²) in [6.07, 6.45) is 12.6. The van der Waals surface area contributed by atoms with Crippen LogP contribution in [0.2, 0.25) is 0 Å². The van der Waals surface area contributed by atoms with Crippen molar-refractivity contribution in [3.63, 3.8) is 0 Å². The van der Waals surface area contributed by atoms with Gasteiger partial charge in [0, 0.05) is 63.3 Å². The zero-order valence-electron chi connectivity index (χ0n) is 32.4.